The zero-order chi connectivity index (χ0) is 23.9. The molecule has 2 aromatic heterocycles. The van der Waals surface area contributed by atoms with E-state index >= 15 is 0 Å². The summed E-state index contributed by atoms with van der Waals surface area (Å²) in [6.45, 7) is 4.63. The van der Waals surface area contributed by atoms with E-state index in [1.54, 1.807) is 24.3 Å². The second-order valence-corrected chi connectivity index (χ2v) is 9.75. The molecule has 5 nitrogen and oxygen atoms in total. The van der Waals surface area contributed by atoms with Gasteiger partial charge in [-0.3, -0.25) is 0 Å². The Morgan fingerprint density at radius 1 is 0.971 bits per heavy atom. The summed E-state index contributed by atoms with van der Waals surface area (Å²) in [5, 5.41) is 11.0. The lowest BCUT2D eigenvalue weighted by Gasteiger charge is -2.20. The number of aromatic hydroxyl groups is 1. The highest BCUT2D eigenvalue weighted by Gasteiger charge is 2.25. The van der Waals surface area contributed by atoms with E-state index in [0.717, 1.165) is 23.3 Å². The van der Waals surface area contributed by atoms with Gasteiger partial charge in [0.15, 0.2) is 0 Å². The first kappa shape index (κ1) is 23.8. The van der Waals surface area contributed by atoms with Gasteiger partial charge < -0.3 is 18.7 Å². The van der Waals surface area contributed by atoms with Gasteiger partial charge in [-0.25, -0.2) is 4.79 Å². The zero-order valence-corrected chi connectivity index (χ0v) is 20.1. The van der Waals surface area contributed by atoms with Crippen LogP contribution in [0.3, 0.4) is 0 Å². The van der Waals surface area contributed by atoms with E-state index in [0.29, 0.717) is 29.4 Å². The van der Waals surface area contributed by atoms with Crippen molar-refractivity contribution >= 4 is 11.8 Å². The summed E-state index contributed by atoms with van der Waals surface area (Å²) in [5.41, 5.74) is 3.19. The minimum absolute atomic E-state index is 0.0190. The molecule has 0 spiro atoms. The van der Waals surface area contributed by atoms with Crippen molar-refractivity contribution < 1.29 is 18.7 Å². The number of hydrogen-bond donors (Lipinski definition) is 1. The Hall–Kier alpha value is -3.38. The van der Waals surface area contributed by atoms with Gasteiger partial charge >= 0.3 is 5.63 Å². The maximum atomic E-state index is 12.7. The third-order valence-corrected chi connectivity index (χ3v) is 6.80. The Labute approximate surface area is 203 Å². The quantitative estimate of drug-likeness (QED) is 0.261. The monoisotopic (exact) mass is 476 g/mol. The van der Waals surface area contributed by atoms with Crippen molar-refractivity contribution in [2.45, 2.75) is 37.9 Å². The van der Waals surface area contributed by atoms with Gasteiger partial charge in [-0.1, -0.05) is 56.3 Å². The zero-order valence-electron chi connectivity index (χ0n) is 19.3. The van der Waals surface area contributed by atoms with E-state index in [9.17, 15) is 9.90 Å². The highest BCUT2D eigenvalue weighted by atomic mass is 32.2. The van der Waals surface area contributed by atoms with E-state index < -0.39 is 5.63 Å². The molecule has 34 heavy (non-hydrogen) atoms. The Bertz CT molecular complexity index is 1230. The fourth-order valence-corrected chi connectivity index (χ4v) is 5.18. The molecular formula is C28H28O5S. The molecule has 1 unspecified atom stereocenters. The second kappa shape index (κ2) is 11.2. The van der Waals surface area contributed by atoms with Crippen molar-refractivity contribution in [2.24, 2.45) is 5.92 Å². The molecular weight excluding hydrogens is 448 g/mol. The third-order valence-electron chi connectivity index (χ3n) is 5.47. The van der Waals surface area contributed by atoms with Crippen molar-refractivity contribution in [1.82, 2.24) is 0 Å². The minimum Gasteiger partial charge on any atom is -0.507 e. The number of furan rings is 1. The van der Waals surface area contributed by atoms with E-state index in [-0.39, 0.29) is 11.0 Å². The summed E-state index contributed by atoms with van der Waals surface area (Å²) >= 11 is 1.65. The summed E-state index contributed by atoms with van der Waals surface area (Å²) in [4.78, 5) is 12.7. The molecule has 0 fully saturated rings. The molecule has 2 heterocycles. The predicted molar refractivity (Wildman–Crippen MR) is 135 cm³/mol. The Kier molecular flexibility index (Phi) is 7.80. The maximum Gasteiger partial charge on any atom is 0.343 e. The molecule has 0 aliphatic heterocycles. The van der Waals surface area contributed by atoms with Crippen molar-refractivity contribution in [3.8, 4) is 22.6 Å². The maximum absolute atomic E-state index is 12.7. The average Bonchev–Trinajstić information content (AvgIpc) is 3.36. The first-order valence-electron chi connectivity index (χ1n) is 11.3. The fraction of sp³-hybridized carbons (Fsp3) is 0.250. The van der Waals surface area contributed by atoms with Crippen LogP contribution in [0.5, 0.6) is 11.5 Å². The summed E-state index contributed by atoms with van der Waals surface area (Å²) < 4.78 is 16.2. The first-order valence-corrected chi connectivity index (χ1v) is 12.3. The van der Waals surface area contributed by atoms with E-state index in [1.807, 2.05) is 48.5 Å². The van der Waals surface area contributed by atoms with Gasteiger partial charge in [-0.2, -0.15) is 0 Å². The van der Waals surface area contributed by atoms with Gasteiger partial charge in [0.25, 0.3) is 0 Å². The Balaban J connectivity index is 1.57. The third kappa shape index (κ3) is 5.94. The van der Waals surface area contributed by atoms with Crippen LogP contribution in [-0.4, -0.2) is 5.11 Å². The molecule has 0 radical (unpaired) electrons. The lowest BCUT2D eigenvalue weighted by atomic mass is 9.99. The number of ether oxygens (including phenoxy) is 1. The van der Waals surface area contributed by atoms with Crippen molar-refractivity contribution in [3.63, 3.8) is 0 Å². The number of hydrogen-bond acceptors (Lipinski definition) is 6. The van der Waals surface area contributed by atoms with E-state index in [4.69, 9.17) is 13.6 Å². The van der Waals surface area contributed by atoms with Crippen LogP contribution in [0.4, 0.5) is 0 Å². The minimum atomic E-state index is -0.493. The molecule has 0 saturated heterocycles. The van der Waals surface area contributed by atoms with Gasteiger partial charge in [-0.15, -0.1) is 11.8 Å². The molecule has 2 aromatic carbocycles. The van der Waals surface area contributed by atoms with Gasteiger partial charge in [0, 0.05) is 16.6 Å². The second-order valence-electron chi connectivity index (χ2n) is 8.56. The molecule has 0 saturated carbocycles. The van der Waals surface area contributed by atoms with Crippen molar-refractivity contribution in [2.75, 3.05) is 0 Å². The fourth-order valence-electron chi connectivity index (χ4n) is 3.70. The Morgan fingerprint density at radius 3 is 2.41 bits per heavy atom. The van der Waals surface area contributed by atoms with Crippen LogP contribution in [0.25, 0.3) is 11.1 Å². The summed E-state index contributed by atoms with van der Waals surface area (Å²) in [6.07, 6.45) is 5.33. The highest BCUT2D eigenvalue weighted by Crippen LogP contribution is 2.42. The van der Waals surface area contributed by atoms with Gasteiger partial charge in [0.2, 0.25) is 0 Å². The molecule has 0 aliphatic carbocycles. The molecule has 4 aromatic rings. The smallest absolute Gasteiger partial charge is 0.343 e. The summed E-state index contributed by atoms with van der Waals surface area (Å²) in [6, 6.07) is 19.3. The molecule has 6 heteroatoms. The van der Waals surface area contributed by atoms with Crippen LogP contribution in [0.15, 0.2) is 93.1 Å². The first-order chi connectivity index (χ1) is 16.5. The molecule has 4 rings (SSSR count). The molecule has 176 valence electrons. The van der Waals surface area contributed by atoms with Crippen LogP contribution >= 0.6 is 11.8 Å². The van der Waals surface area contributed by atoms with Crippen LogP contribution in [0.2, 0.25) is 0 Å². The molecule has 0 bridgehead atoms. The molecule has 1 N–H and O–H groups in total. The molecule has 0 amide bonds. The van der Waals surface area contributed by atoms with E-state index in [1.165, 1.54) is 11.8 Å². The number of thioether (sulfide) groups is 1. The van der Waals surface area contributed by atoms with Crippen molar-refractivity contribution in [1.29, 1.82) is 0 Å². The lowest BCUT2D eigenvalue weighted by molar-refractivity contribution is 0.305. The highest BCUT2D eigenvalue weighted by molar-refractivity contribution is 7.98. The van der Waals surface area contributed by atoms with Crippen LogP contribution in [-0.2, 0) is 12.4 Å². The SMILES string of the molecule is CC(C)CC(SCc1ccccc1)c1c(O)c(-c2ccc(OCc3ccoc3)cc2)coc1=O. The predicted octanol–water partition coefficient (Wildman–Crippen LogP) is 7.21. The largest absolute Gasteiger partial charge is 0.507 e. The number of rotatable bonds is 10. The van der Waals surface area contributed by atoms with Crippen LogP contribution in [0, 0.1) is 5.92 Å². The summed E-state index contributed by atoms with van der Waals surface area (Å²) in [7, 11) is 0. The van der Waals surface area contributed by atoms with Gasteiger partial charge in [-0.05, 0) is 41.7 Å². The topological polar surface area (TPSA) is 72.8 Å². The van der Waals surface area contributed by atoms with Gasteiger partial charge in [0.05, 0.1) is 23.7 Å². The van der Waals surface area contributed by atoms with Crippen molar-refractivity contribution in [3.05, 3.63) is 107 Å². The standard InChI is InChI=1S/C28H28O5S/c1-19(2)14-25(34-18-20-6-4-3-5-7-20)26-27(29)24(17-33-28(26)30)22-8-10-23(11-9-22)32-16-21-12-13-31-15-21/h3-13,15,17,19,25,29H,14,16,18H2,1-2H3. The molecule has 0 aliphatic rings. The Morgan fingerprint density at radius 2 is 1.74 bits per heavy atom. The summed E-state index contributed by atoms with van der Waals surface area (Å²) in [5.74, 6) is 1.76. The molecule has 1 atom stereocenters. The average molecular weight is 477 g/mol. The van der Waals surface area contributed by atoms with Crippen LogP contribution < -0.4 is 10.4 Å². The van der Waals surface area contributed by atoms with Crippen LogP contribution in [0.1, 0.15) is 42.2 Å². The normalized spacial score (nSPS) is 12.1. The number of benzene rings is 2. The van der Waals surface area contributed by atoms with Gasteiger partial charge in [0.1, 0.15) is 24.4 Å². The lowest BCUT2D eigenvalue weighted by Crippen LogP contribution is -2.13. The van der Waals surface area contributed by atoms with E-state index in [2.05, 4.69) is 26.0 Å².